The van der Waals surface area contributed by atoms with Crippen molar-refractivity contribution in [2.45, 2.75) is 13.8 Å². The van der Waals surface area contributed by atoms with Crippen LogP contribution in [0.15, 0.2) is 72.8 Å². The number of ether oxygens (including phenoxy) is 2. The average molecular weight is 322 g/mol. The molecule has 2 aromatic carbocycles. The van der Waals surface area contributed by atoms with Gasteiger partial charge in [-0.2, -0.15) is 0 Å². The lowest BCUT2D eigenvalue weighted by atomic mass is 10.0. The van der Waals surface area contributed by atoms with E-state index in [0.29, 0.717) is 35.8 Å². The molecule has 124 valence electrons. The first kappa shape index (κ1) is 17.5. The number of ketones is 1. The van der Waals surface area contributed by atoms with Gasteiger partial charge in [-0.15, -0.1) is 0 Å². The Hall–Kier alpha value is -2.81. The summed E-state index contributed by atoms with van der Waals surface area (Å²) in [7, 11) is 0. The minimum absolute atomic E-state index is 0.104. The van der Waals surface area contributed by atoms with Crippen LogP contribution < -0.4 is 9.47 Å². The highest BCUT2D eigenvalue weighted by Gasteiger charge is 2.19. The van der Waals surface area contributed by atoms with Gasteiger partial charge in [0.25, 0.3) is 0 Å². The average Bonchev–Trinajstić information content (AvgIpc) is 2.58. The highest BCUT2D eigenvalue weighted by atomic mass is 16.5. The van der Waals surface area contributed by atoms with Crippen LogP contribution in [0.3, 0.4) is 0 Å². The SMILES string of the molecule is C=C(C)COc1cccc(C(=O)c2ccccc2)c1OCC(=C)C. The number of hydrogen-bond acceptors (Lipinski definition) is 3. The topological polar surface area (TPSA) is 35.5 Å². The van der Waals surface area contributed by atoms with Gasteiger partial charge in [-0.05, 0) is 37.1 Å². The van der Waals surface area contributed by atoms with Crippen molar-refractivity contribution >= 4 is 5.78 Å². The summed E-state index contributed by atoms with van der Waals surface area (Å²) in [4.78, 5) is 12.8. The zero-order valence-electron chi connectivity index (χ0n) is 14.2. The van der Waals surface area contributed by atoms with E-state index in [2.05, 4.69) is 13.2 Å². The summed E-state index contributed by atoms with van der Waals surface area (Å²) in [6, 6.07) is 14.4. The maximum absolute atomic E-state index is 12.8. The first-order valence-corrected chi connectivity index (χ1v) is 7.76. The van der Waals surface area contributed by atoms with Crippen LogP contribution in [0.2, 0.25) is 0 Å². The molecule has 0 saturated heterocycles. The van der Waals surface area contributed by atoms with E-state index in [1.807, 2.05) is 32.0 Å². The van der Waals surface area contributed by atoms with E-state index in [1.165, 1.54) is 0 Å². The molecule has 0 aliphatic carbocycles. The molecule has 0 aliphatic heterocycles. The molecular formula is C21H22O3. The van der Waals surface area contributed by atoms with Crippen molar-refractivity contribution in [3.05, 3.63) is 84.0 Å². The Morgan fingerprint density at radius 1 is 0.875 bits per heavy atom. The first-order valence-electron chi connectivity index (χ1n) is 7.76. The van der Waals surface area contributed by atoms with E-state index in [-0.39, 0.29) is 5.78 Å². The van der Waals surface area contributed by atoms with Crippen molar-refractivity contribution < 1.29 is 14.3 Å². The lowest BCUT2D eigenvalue weighted by molar-refractivity contribution is 0.103. The molecule has 0 N–H and O–H groups in total. The number of para-hydroxylation sites is 1. The maximum Gasteiger partial charge on any atom is 0.196 e. The highest BCUT2D eigenvalue weighted by Crippen LogP contribution is 2.33. The number of carbonyl (C=O) groups is 1. The summed E-state index contributed by atoms with van der Waals surface area (Å²) in [5.74, 6) is 0.865. The molecule has 2 rings (SSSR count). The second kappa shape index (κ2) is 8.16. The second-order valence-electron chi connectivity index (χ2n) is 5.82. The van der Waals surface area contributed by atoms with Gasteiger partial charge in [-0.3, -0.25) is 4.79 Å². The van der Waals surface area contributed by atoms with Crippen LogP contribution in [-0.2, 0) is 0 Å². The molecule has 0 saturated carbocycles. The lowest BCUT2D eigenvalue weighted by Crippen LogP contribution is -2.09. The van der Waals surface area contributed by atoms with E-state index >= 15 is 0 Å². The Kier molecular flexibility index (Phi) is 5.96. The van der Waals surface area contributed by atoms with Gasteiger partial charge in [-0.25, -0.2) is 0 Å². The molecule has 0 aliphatic rings. The molecule has 2 aromatic rings. The Morgan fingerprint density at radius 3 is 2.12 bits per heavy atom. The summed E-state index contributed by atoms with van der Waals surface area (Å²) in [5, 5.41) is 0. The summed E-state index contributed by atoms with van der Waals surface area (Å²) < 4.78 is 11.6. The fourth-order valence-electron chi connectivity index (χ4n) is 2.10. The van der Waals surface area contributed by atoms with Gasteiger partial charge in [0.15, 0.2) is 17.3 Å². The molecule has 0 aromatic heterocycles. The van der Waals surface area contributed by atoms with E-state index in [9.17, 15) is 4.79 Å². The standard InChI is InChI=1S/C21H22O3/c1-15(2)13-23-19-12-8-11-18(21(19)24-14-16(3)4)20(22)17-9-6-5-7-10-17/h5-12H,1,3,13-14H2,2,4H3. The Bertz CT molecular complexity index is 745. The molecule has 3 nitrogen and oxygen atoms in total. The molecule has 0 radical (unpaired) electrons. The van der Waals surface area contributed by atoms with Crippen molar-refractivity contribution in [1.82, 2.24) is 0 Å². The van der Waals surface area contributed by atoms with Crippen LogP contribution in [0.25, 0.3) is 0 Å². The predicted molar refractivity (Wildman–Crippen MR) is 96.9 cm³/mol. The predicted octanol–water partition coefficient (Wildman–Crippen LogP) is 4.83. The summed E-state index contributed by atoms with van der Waals surface area (Å²) in [6.07, 6.45) is 0. The third-order valence-electron chi connectivity index (χ3n) is 3.20. The van der Waals surface area contributed by atoms with Gasteiger partial charge in [0.05, 0.1) is 5.56 Å². The zero-order valence-corrected chi connectivity index (χ0v) is 14.2. The number of carbonyl (C=O) groups excluding carboxylic acids is 1. The summed E-state index contributed by atoms with van der Waals surface area (Å²) in [5.41, 5.74) is 2.83. The number of rotatable bonds is 8. The Morgan fingerprint density at radius 2 is 1.50 bits per heavy atom. The fourth-order valence-corrected chi connectivity index (χ4v) is 2.10. The maximum atomic E-state index is 12.8. The molecule has 0 heterocycles. The van der Waals surface area contributed by atoms with Gasteiger partial charge in [0.1, 0.15) is 13.2 Å². The fraction of sp³-hybridized carbons (Fsp3) is 0.190. The lowest BCUT2D eigenvalue weighted by Gasteiger charge is -2.16. The smallest absolute Gasteiger partial charge is 0.196 e. The van der Waals surface area contributed by atoms with Crippen LogP contribution in [0, 0.1) is 0 Å². The van der Waals surface area contributed by atoms with Gasteiger partial charge in [0, 0.05) is 5.56 Å². The quantitative estimate of drug-likeness (QED) is 0.516. The molecule has 0 atom stereocenters. The van der Waals surface area contributed by atoms with Gasteiger partial charge in [0.2, 0.25) is 0 Å². The molecule has 0 bridgehead atoms. The third-order valence-corrected chi connectivity index (χ3v) is 3.20. The van der Waals surface area contributed by atoms with Crippen LogP contribution in [0.5, 0.6) is 11.5 Å². The van der Waals surface area contributed by atoms with Crippen LogP contribution in [0.1, 0.15) is 29.8 Å². The van der Waals surface area contributed by atoms with Crippen molar-refractivity contribution in [2.75, 3.05) is 13.2 Å². The monoisotopic (exact) mass is 322 g/mol. The first-order chi connectivity index (χ1) is 11.5. The minimum atomic E-state index is -0.104. The Labute approximate surface area is 143 Å². The number of hydrogen-bond donors (Lipinski definition) is 0. The second-order valence-corrected chi connectivity index (χ2v) is 5.82. The molecule has 0 fully saturated rings. The van der Waals surface area contributed by atoms with Crippen molar-refractivity contribution in [2.24, 2.45) is 0 Å². The molecule has 0 unspecified atom stereocenters. The number of benzene rings is 2. The highest BCUT2D eigenvalue weighted by molar-refractivity contribution is 6.11. The van der Waals surface area contributed by atoms with E-state index < -0.39 is 0 Å². The van der Waals surface area contributed by atoms with E-state index in [4.69, 9.17) is 9.47 Å². The van der Waals surface area contributed by atoms with Gasteiger partial charge in [-0.1, -0.05) is 49.6 Å². The van der Waals surface area contributed by atoms with Crippen molar-refractivity contribution in [3.63, 3.8) is 0 Å². The van der Waals surface area contributed by atoms with Gasteiger partial charge < -0.3 is 9.47 Å². The van der Waals surface area contributed by atoms with Crippen LogP contribution >= 0.6 is 0 Å². The van der Waals surface area contributed by atoms with Crippen molar-refractivity contribution in [3.8, 4) is 11.5 Å². The Balaban J connectivity index is 2.41. The molecular weight excluding hydrogens is 300 g/mol. The molecule has 3 heteroatoms. The molecule has 0 amide bonds. The minimum Gasteiger partial charge on any atom is -0.485 e. The largest absolute Gasteiger partial charge is 0.485 e. The van der Waals surface area contributed by atoms with E-state index in [1.54, 1.807) is 30.3 Å². The summed E-state index contributed by atoms with van der Waals surface area (Å²) in [6.45, 7) is 12.1. The van der Waals surface area contributed by atoms with Gasteiger partial charge >= 0.3 is 0 Å². The summed E-state index contributed by atoms with van der Waals surface area (Å²) >= 11 is 0. The molecule has 0 spiro atoms. The van der Waals surface area contributed by atoms with Crippen LogP contribution in [-0.4, -0.2) is 19.0 Å². The molecule has 24 heavy (non-hydrogen) atoms. The van der Waals surface area contributed by atoms with Crippen molar-refractivity contribution in [1.29, 1.82) is 0 Å². The van der Waals surface area contributed by atoms with Crippen LogP contribution in [0.4, 0.5) is 0 Å². The van der Waals surface area contributed by atoms with E-state index in [0.717, 1.165) is 11.1 Å². The normalized spacial score (nSPS) is 10.1. The third kappa shape index (κ3) is 4.59. The zero-order chi connectivity index (χ0) is 17.5.